The summed E-state index contributed by atoms with van der Waals surface area (Å²) in [6.45, 7) is 6.90. The molecule has 21 heavy (non-hydrogen) atoms. The van der Waals surface area contributed by atoms with Crippen molar-refractivity contribution in [3.05, 3.63) is 34.9 Å². The van der Waals surface area contributed by atoms with Crippen molar-refractivity contribution in [3.8, 4) is 0 Å². The maximum absolute atomic E-state index is 12.1. The third kappa shape index (κ3) is 7.49. The van der Waals surface area contributed by atoms with Gasteiger partial charge in [-0.25, -0.2) is 0 Å². The molecule has 4 heteroatoms. The zero-order valence-electron chi connectivity index (χ0n) is 13.2. The van der Waals surface area contributed by atoms with Crippen molar-refractivity contribution in [2.75, 3.05) is 6.54 Å². The summed E-state index contributed by atoms with van der Waals surface area (Å²) in [7, 11) is 0. The molecule has 1 aromatic rings. The molecule has 0 bridgehead atoms. The van der Waals surface area contributed by atoms with Gasteiger partial charge in [-0.3, -0.25) is 4.79 Å². The summed E-state index contributed by atoms with van der Waals surface area (Å²) in [5.41, 5.74) is 6.92. The molecule has 0 aliphatic rings. The van der Waals surface area contributed by atoms with Crippen molar-refractivity contribution in [2.45, 2.75) is 46.1 Å². The van der Waals surface area contributed by atoms with E-state index in [9.17, 15) is 4.79 Å². The minimum absolute atomic E-state index is 0.0903. The maximum atomic E-state index is 12.1. The molecule has 1 amide bonds. The molecule has 0 saturated carbocycles. The number of carbonyl (C=O) groups is 1. The minimum atomic E-state index is 0.0903. The minimum Gasteiger partial charge on any atom is -0.353 e. The fourth-order valence-corrected chi connectivity index (χ4v) is 2.68. The molecule has 118 valence electrons. The van der Waals surface area contributed by atoms with Crippen molar-refractivity contribution in [2.24, 2.45) is 17.6 Å². The van der Waals surface area contributed by atoms with Crippen molar-refractivity contribution in [3.63, 3.8) is 0 Å². The monoisotopic (exact) mass is 310 g/mol. The van der Waals surface area contributed by atoms with E-state index in [1.807, 2.05) is 31.2 Å². The summed E-state index contributed by atoms with van der Waals surface area (Å²) in [4.78, 5) is 12.1. The number of hydrogen-bond donors (Lipinski definition) is 2. The van der Waals surface area contributed by atoms with Crippen LogP contribution in [0, 0.1) is 11.8 Å². The number of hydrogen-bond acceptors (Lipinski definition) is 2. The van der Waals surface area contributed by atoms with Gasteiger partial charge in [0.05, 0.1) is 0 Å². The largest absolute Gasteiger partial charge is 0.353 e. The second kappa shape index (κ2) is 9.06. The molecule has 0 aliphatic heterocycles. The first-order chi connectivity index (χ1) is 9.90. The van der Waals surface area contributed by atoms with Gasteiger partial charge in [-0.2, -0.15) is 0 Å². The number of amides is 1. The van der Waals surface area contributed by atoms with Crippen molar-refractivity contribution in [1.82, 2.24) is 5.32 Å². The van der Waals surface area contributed by atoms with Crippen molar-refractivity contribution < 1.29 is 4.79 Å². The van der Waals surface area contributed by atoms with Crippen LogP contribution in [0.4, 0.5) is 0 Å². The summed E-state index contributed by atoms with van der Waals surface area (Å²) in [5.74, 6) is 0.929. The van der Waals surface area contributed by atoms with Crippen molar-refractivity contribution in [1.29, 1.82) is 0 Å². The van der Waals surface area contributed by atoms with Gasteiger partial charge in [-0.1, -0.05) is 37.6 Å². The van der Waals surface area contributed by atoms with Crippen LogP contribution in [-0.2, 0) is 11.2 Å². The fraction of sp³-hybridized carbons (Fsp3) is 0.588. The highest BCUT2D eigenvalue weighted by Gasteiger charge is 2.15. The van der Waals surface area contributed by atoms with E-state index in [-0.39, 0.29) is 17.9 Å². The van der Waals surface area contributed by atoms with Gasteiger partial charge < -0.3 is 11.1 Å². The SMILES string of the molecule is CC(C)CC(CN)CC(=O)NC(C)Cc1ccc(Cl)cc1. The van der Waals surface area contributed by atoms with E-state index in [1.54, 1.807) is 0 Å². The normalized spacial score (nSPS) is 14.0. The van der Waals surface area contributed by atoms with Gasteiger partial charge >= 0.3 is 0 Å². The van der Waals surface area contributed by atoms with Gasteiger partial charge in [0.1, 0.15) is 0 Å². The summed E-state index contributed by atoms with van der Waals surface area (Å²) >= 11 is 5.87. The first-order valence-electron chi connectivity index (χ1n) is 7.64. The Hall–Kier alpha value is -1.06. The summed E-state index contributed by atoms with van der Waals surface area (Å²) in [5, 5.41) is 3.78. The molecule has 0 aromatic heterocycles. The lowest BCUT2D eigenvalue weighted by Crippen LogP contribution is -2.36. The van der Waals surface area contributed by atoms with Gasteiger partial charge in [0, 0.05) is 17.5 Å². The van der Waals surface area contributed by atoms with Crippen molar-refractivity contribution >= 4 is 17.5 Å². The Morgan fingerprint density at radius 3 is 2.38 bits per heavy atom. The maximum Gasteiger partial charge on any atom is 0.220 e. The average Bonchev–Trinajstić information content (AvgIpc) is 2.39. The van der Waals surface area contributed by atoms with Crippen LogP contribution < -0.4 is 11.1 Å². The molecule has 3 N–H and O–H groups in total. The first-order valence-corrected chi connectivity index (χ1v) is 8.02. The molecule has 1 rings (SSSR count). The van der Waals surface area contributed by atoms with Gasteiger partial charge in [0.2, 0.25) is 5.91 Å². The van der Waals surface area contributed by atoms with Crippen LogP contribution in [0.5, 0.6) is 0 Å². The molecule has 0 aliphatic carbocycles. The highest BCUT2D eigenvalue weighted by Crippen LogP contribution is 2.15. The highest BCUT2D eigenvalue weighted by atomic mass is 35.5. The Bertz CT molecular complexity index is 431. The lowest BCUT2D eigenvalue weighted by atomic mass is 9.94. The van der Waals surface area contributed by atoms with Crippen LogP contribution in [0.15, 0.2) is 24.3 Å². The van der Waals surface area contributed by atoms with E-state index in [4.69, 9.17) is 17.3 Å². The molecule has 0 spiro atoms. The summed E-state index contributed by atoms with van der Waals surface area (Å²) in [6, 6.07) is 7.84. The molecule has 3 nitrogen and oxygen atoms in total. The molecule has 0 radical (unpaired) electrons. The quantitative estimate of drug-likeness (QED) is 0.773. The van der Waals surface area contributed by atoms with Gasteiger partial charge in [-0.15, -0.1) is 0 Å². The second-order valence-corrected chi connectivity index (χ2v) is 6.67. The number of benzene rings is 1. The smallest absolute Gasteiger partial charge is 0.220 e. The highest BCUT2D eigenvalue weighted by molar-refractivity contribution is 6.30. The van der Waals surface area contributed by atoms with Crippen LogP contribution in [0.1, 0.15) is 39.2 Å². The van der Waals surface area contributed by atoms with E-state index < -0.39 is 0 Å². The topological polar surface area (TPSA) is 55.1 Å². The van der Waals surface area contributed by atoms with E-state index in [0.29, 0.717) is 18.9 Å². The number of rotatable bonds is 8. The number of nitrogens with one attached hydrogen (secondary N) is 1. The van der Waals surface area contributed by atoms with Crippen LogP contribution in [0.3, 0.4) is 0 Å². The molecule has 0 fully saturated rings. The standard InChI is InChI=1S/C17H27ClN2O/c1-12(2)8-15(11-19)10-17(21)20-13(3)9-14-4-6-16(18)7-5-14/h4-7,12-13,15H,8-11,19H2,1-3H3,(H,20,21). The molecular formula is C17H27ClN2O. The molecule has 2 atom stereocenters. The molecule has 0 saturated heterocycles. The second-order valence-electron chi connectivity index (χ2n) is 6.23. The van der Waals surface area contributed by atoms with E-state index in [0.717, 1.165) is 17.9 Å². The van der Waals surface area contributed by atoms with E-state index in [2.05, 4.69) is 19.2 Å². The Morgan fingerprint density at radius 2 is 1.86 bits per heavy atom. The Morgan fingerprint density at radius 1 is 1.24 bits per heavy atom. The number of nitrogens with two attached hydrogens (primary N) is 1. The Labute approximate surface area is 133 Å². The summed E-state index contributed by atoms with van der Waals surface area (Å²) < 4.78 is 0. The number of carbonyl (C=O) groups excluding carboxylic acids is 1. The fourth-order valence-electron chi connectivity index (χ4n) is 2.55. The zero-order valence-corrected chi connectivity index (χ0v) is 14.0. The lowest BCUT2D eigenvalue weighted by Gasteiger charge is -2.19. The Balaban J connectivity index is 2.40. The van der Waals surface area contributed by atoms with Crippen LogP contribution in [0.25, 0.3) is 0 Å². The molecule has 2 unspecified atom stereocenters. The number of halogens is 1. The Kier molecular flexibility index (Phi) is 7.76. The zero-order chi connectivity index (χ0) is 15.8. The van der Waals surface area contributed by atoms with Gasteiger partial charge in [0.15, 0.2) is 0 Å². The third-order valence-electron chi connectivity index (χ3n) is 3.47. The van der Waals surface area contributed by atoms with E-state index >= 15 is 0 Å². The van der Waals surface area contributed by atoms with E-state index in [1.165, 1.54) is 5.56 Å². The summed E-state index contributed by atoms with van der Waals surface area (Å²) in [6.07, 6.45) is 2.31. The molecule has 1 aromatic carbocycles. The average molecular weight is 311 g/mol. The molecule has 0 heterocycles. The third-order valence-corrected chi connectivity index (χ3v) is 3.73. The predicted molar refractivity (Wildman–Crippen MR) is 89.4 cm³/mol. The lowest BCUT2D eigenvalue weighted by molar-refractivity contribution is -0.122. The predicted octanol–water partition coefficient (Wildman–Crippen LogP) is 3.40. The van der Waals surface area contributed by atoms with Crippen LogP contribution >= 0.6 is 11.6 Å². The molecular weight excluding hydrogens is 284 g/mol. The van der Waals surface area contributed by atoms with Gasteiger partial charge in [0.25, 0.3) is 0 Å². The van der Waals surface area contributed by atoms with Crippen LogP contribution in [-0.4, -0.2) is 18.5 Å². The van der Waals surface area contributed by atoms with Crippen LogP contribution in [0.2, 0.25) is 5.02 Å². The van der Waals surface area contributed by atoms with Gasteiger partial charge in [-0.05, 0) is 55.8 Å². The first kappa shape index (κ1) is 18.0.